The number of carbonyl (C=O) groups excluding carboxylic acids is 1. The summed E-state index contributed by atoms with van der Waals surface area (Å²) < 4.78 is 2.48. The van der Waals surface area contributed by atoms with Gasteiger partial charge in [0.2, 0.25) is 0 Å². The third kappa shape index (κ3) is 3.62. The minimum atomic E-state index is -0.376. The summed E-state index contributed by atoms with van der Waals surface area (Å²) in [4.78, 5) is 12.4. The maximum atomic E-state index is 12.4. The monoisotopic (exact) mass is 385 g/mol. The van der Waals surface area contributed by atoms with Crippen molar-refractivity contribution >= 4 is 33.3 Å². The Bertz CT molecular complexity index is 890. The summed E-state index contributed by atoms with van der Waals surface area (Å²) >= 11 is 3.42. The molecule has 1 heterocycles. The van der Waals surface area contributed by atoms with Crippen LogP contribution in [0, 0.1) is 6.92 Å². The summed E-state index contributed by atoms with van der Waals surface area (Å²) in [5, 5.41) is 10.7. The Morgan fingerprint density at radius 2 is 2.04 bits per heavy atom. The lowest BCUT2D eigenvalue weighted by Crippen LogP contribution is -2.15. The molecule has 2 aromatic carbocycles. The highest BCUT2D eigenvalue weighted by Crippen LogP contribution is 2.17. The van der Waals surface area contributed by atoms with E-state index in [1.807, 2.05) is 55.5 Å². The Labute approximate surface area is 147 Å². The number of hydrogen-bond acceptors (Lipinski definition) is 4. The number of halogens is 1. The quantitative estimate of drug-likeness (QED) is 0.721. The van der Waals surface area contributed by atoms with Crippen LogP contribution in [-0.4, -0.2) is 20.9 Å². The highest BCUT2D eigenvalue weighted by molar-refractivity contribution is 9.10. The summed E-state index contributed by atoms with van der Waals surface area (Å²) in [6.45, 7) is 2.40. The molecule has 1 aromatic heterocycles. The van der Waals surface area contributed by atoms with Crippen molar-refractivity contribution in [2.75, 3.05) is 11.1 Å². The van der Waals surface area contributed by atoms with E-state index in [0.717, 1.165) is 15.6 Å². The highest BCUT2D eigenvalue weighted by atomic mass is 79.9. The van der Waals surface area contributed by atoms with E-state index in [0.29, 0.717) is 12.2 Å². The van der Waals surface area contributed by atoms with Gasteiger partial charge < -0.3 is 11.1 Å². The van der Waals surface area contributed by atoms with E-state index in [1.165, 1.54) is 4.68 Å². The Balaban J connectivity index is 1.78. The summed E-state index contributed by atoms with van der Waals surface area (Å²) in [5.74, 6) is -0.140. The number of aromatic nitrogens is 3. The molecule has 6 nitrogen and oxygen atoms in total. The van der Waals surface area contributed by atoms with Gasteiger partial charge in [0.1, 0.15) is 0 Å². The SMILES string of the molecule is Cc1cccc(NC(=O)c2nnn(Cc3cccc(Br)c3)c2N)c1. The van der Waals surface area contributed by atoms with Gasteiger partial charge in [-0.05, 0) is 42.3 Å². The molecule has 1 amide bonds. The molecular formula is C17H16BrN5O. The number of nitrogens with two attached hydrogens (primary N) is 1. The number of aryl methyl sites for hydroxylation is 1. The Hall–Kier alpha value is -2.67. The van der Waals surface area contributed by atoms with Crippen LogP contribution in [0.3, 0.4) is 0 Å². The van der Waals surface area contributed by atoms with Gasteiger partial charge in [0.05, 0.1) is 6.54 Å². The fraction of sp³-hybridized carbons (Fsp3) is 0.118. The van der Waals surface area contributed by atoms with Crippen molar-refractivity contribution in [2.24, 2.45) is 0 Å². The van der Waals surface area contributed by atoms with E-state index >= 15 is 0 Å². The molecule has 0 radical (unpaired) electrons. The van der Waals surface area contributed by atoms with Crippen LogP contribution in [-0.2, 0) is 6.54 Å². The largest absolute Gasteiger partial charge is 0.382 e. The Morgan fingerprint density at radius 3 is 2.79 bits per heavy atom. The van der Waals surface area contributed by atoms with Crippen LogP contribution in [0.15, 0.2) is 53.0 Å². The van der Waals surface area contributed by atoms with Crippen LogP contribution in [0.25, 0.3) is 0 Å². The van der Waals surface area contributed by atoms with Crippen molar-refractivity contribution in [3.8, 4) is 0 Å². The zero-order valence-electron chi connectivity index (χ0n) is 13.0. The smallest absolute Gasteiger partial charge is 0.280 e. The summed E-state index contributed by atoms with van der Waals surface area (Å²) in [7, 11) is 0. The van der Waals surface area contributed by atoms with Crippen molar-refractivity contribution < 1.29 is 4.79 Å². The zero-order chi connectivity index (χ0) is 17.1. The number of amides is 1. The van der Waals surface area contributed by atoms with Crippen LogP contribution >= 0.6 is 15.9 Å². The molecular weight excluding hydrogens is 370 g/mol. The maximum absolute atomic E-state index is 12.4. The van der Waals surface area contributed by atoms with Crippen molar-refractivity contribution in [3.05, 3.63) is 69.8 Å². The number of nitrogens with zero attached hydrogens (tertiary/aromatic N) is 3. The van der Waals surface area contributed by atoms with E-state index in [9.17, 15) is 4.79 Å². The average Bonchev–Trinajstić information content (AvgIpc) is 2.88. The minimum Gasteiger partial charge on any atom is -0.382 e. The van der Waals surface area contributed by atoms with Crippen LogP contribution in [0.5, 0.6) is 0 Å². The number of hydrogen-bond donors (Lipinski definition) is 2. The molecule has 0 spiro atoms. The van der Waals surface area contributed by atoms with Crippen molar-refractivity contribution in [3.63, 3.8) is 0 Å². The van der Waals surface area contributed by atoms with E-state index in [4.69, 9.17) is 5.73 Å². The number of benzene rings is 2. The zero-order valence-corrected chi connectivity index (χ0v) is 14.6. The second-order valence-corrected chi connectivity index (χ2v) is 6.35. The molecule has 0 aliphatic heterocycles. The molecule has 7 heteroatoms. The molecule has 0 saturated carbocycles. The van der Waals surface area contributed by atoms with Gasteiger partial charge in [0, 0.05) is 10.2 Å². The first-order chi connectivity index (χ1) is 11.5. The second kappa shape index (κ2) is 6.84. The molecule has 3 N–H and O–H groups in total. The molecule has 0 fully saturated rings. The highest BCUT2D eigenvalue weighted by Gasteiger charge is 2.17. The molecule has 3 rings (SSSR count). The number of anilines is 2. The normalized spacial score (nSPS) is 10.6. The van der Waals surface area contributed by atoms with E-state index < -0.39 is 0 Å². The Kier molecular flexibility index (Phi) is 4.61. The summed E-state index contributed by atoms with van der Waals surface area (Å²) in [6.07, 6.45) is 0. The molecule has 3 aromatic rings. The summed E-state index contributed by atoms with van der Waals surface area (Å²) in [6, 6.07) is 15.3. The van der Waals surface area contributed by atoms with Crippen molar-refractivity contribution in [1.82, 2.24) is 15.0 Å². The molecule has 0 aliphatic rings. The predicted octanol–water partition coefficient (Wildman–Crippen LogP) is 3.23. The molecule has 24 heavy (non-hydrogen) atoms. The first-order valence-corrected chi connectivity index (χ1v) is 8.13. The van der Waals surface area contributed by atoms with Gasteiger partial charge in [-0.15, -0.1) is 5.10 Å². The number of rotatable bonds is 4. The topological polar surface area (TPSA) is 85.8 Å². The van der Waals surface area contributed by atoms with Gasteiger partial charge >= 0.3 is 0 Å². The fourth-order valence-corrected chi connectivity index (χ4v) is 2.77. The minimum absolute atomic E-state index is 0.117. The van der Waals surface area contributed by atoms with Gasteiger partial charge in [0.15, 0.2) is 11.5 Å². The first-order valence-electron chi connectivity index (χ1n) is 7.34. The van der Waals surface area contributed by atoms with Crippen LogP contribution in [0.4, 0.5) is 11.5 Å². The Morgan fingerprint density at radius 1 is 1.25 bits per heavy atom. The lowest BCUT2D eigenvalue weighted by Gasteiger charge is -2.06. The van der Waals surface area contributed by atoms with Gasteiger partial charge in [-0.1, -0.05) is 45.4 Å². The predicted molar refractivity (Wildman–Crippen MR) is 96.8 cm³/mol. The van der Waals surface area contributed by atoms with Gasteiger partial charge in [-0.25, -0.2) is 4.68 Å². The van der Waals surface area contributed by atoms with E-state index in [1.54, 1.807) is 0 Å². The number of nitrogen functional groups attached to an aromatic ring is 1. The third-order valence-electron chi connectivity index (χ3n) is 3.49. The first kappa shape index (κ1) is 16.2. The molecule has 0 atom stereocenters. The van der Waals surface area contributed by atoms with Crippen LogP contribution in [0.2, 0.25) is 0 Å². The van der Waals surface area contributed by atoms with Gasteiger partial charge in [-0.3, -0.25) is 4.79 Å². The third-order valence-corrected chi connectivity index (χ3v) is 3.98. The lowest BCUT2D eigenvalue weighted by molar-refractivity contribution is 0.102. The van der Waals surface area contributed by atoms with E-state index in [2.05, 4.69) is 31.6 Å². The van der Waals surface area contributed by atoms with Gasteiger partial charge in [-0.2, -0.15) is 0 Å². The molecule has 122 valence electrons. The van der Waals surface area contributed by atoms with Crippen molar-refractivity contribution in [2.45, 2.75) is 13.5 Å². The van der Waals surface area contributed by atoms with Crippen molar-refractivity contribution in [1.29, 1.82) is 0 Å². The lowest BCUT2D eigenvalue weighted by atomic mass is 10.2. The van der Waals surface area contributed by atoms with E-state index in [-0.39, 0.29) is 17.4 Å². The number of carbonyl (C=O) groups is 1. The maximum Gasteiger partial charge on any atom is 0.280 e. The number of nitrogens with one attached hydrogen (secondary N) is 1. The van der Waals surface area contributed by atoms with Gasteiger partial charge in [0.25, 0.3) is 5.91 Å². The van der Waals surface area contributed by atoms with Crippen LogP contribution < -0.4 is 11.1 Å². The fourth-order valence-electron chi connectivity index (χ4n) is 2.32. The molecule has 0 saturated heterocycles. The van der Waals surface area contributed by atoms with Crippen LogP contribution in [0.1, 0.15) is 21.6 Å². The molecule has 0 bridgehead atoms. The summed E-state index contributed by atoms with van der Waals surface area (Å²) in [5.41, 5.74) is 8.91. The molecule has 0 aliphatic carbocycles. The standard InChI is InChI=1S/C17H16BrN5O/c1-11-4-2-7-14(8-11)20-17(24)15-16(19)23(22-21-15)10-12-5-3-6-13(18)9-12/h2-9H,10,19H2,1H3,(H,20,24). The average molecular weight is 386 g/mol. The second-order valence-electron chi connectivity index (χ2n) is 5.43. The molecule has 0 unspecified atom stereocenters.